The van der Waals surface area contributed by atoms with Crippen molar-refractivity contribution in [2.75, 3.05) is 18.2 Å². The number of carbonyl (C=O) groups is 1. The summed E-state index contributed by atoms with van der Waals surface area (Å²) in [6, 6.07) is 8.77. The van der Waals surface area contributed by atoms with Crippen molar-refractivity contribution in [2.45, 2.75) is 25.8 Å². The highest BCUT2D eigenvalue weighted by Crippen LogP contribution is 2.39. The van der Waals surface area contributed by atoms with Crippen LogP contribution in [0.25, 0.3) is 0 Å². The summed E-state index contributed by atoms with van der Waals surface area (Å²) in [6.45, 7) is 2.12. The van der Waals surface area contributed by atoms with Crippen molar-refractivity contribution < 1.29 is 18.7 Å². The third-order valence-corrected chi connectivity index (χ3v) is 6.19. The first-order valence-corrected chi connectivity index (χ1v) is 10.3. The van der Waals surface area contributed by atoms with Crippen molar-refractivity contribution in [1.29, 1.82) is 0 Å². The van der Waals surface area contributed by atoms with Gasteiger partial charge in [-0.3, -0.25) is 14.6 Å². The molecule has 0 fully saturated rings. The largest absolute Gasteiger partial charge is 0.502 e. The molecule has 2 aliphatic rings. The summed E-state index contributed by atoms with van der Waals surface area (Å²) in [6.07, 6.45) is 1.55. The summed E-state index contributed by atoms with van der Waals surface area (Å²) < 4.78 is 29.7. The third kappa shape index (κ3) is 2.88. The molecule has 2 heterocycles. The second kappa shape index (κ2) is 7.44. The number of hydrogen-bond donors (Lipinski definition) is 1. The number of rotatable bonds is 2. The van der Waals surface area contributed by atoms with Gasteiger partial charge in [-0.1, -0.05) is 24.3 Å². The summed E-state index contributed by atoms with van der Waals surface area (Å²) >= 11 is 0. The Hall–Kier alpha value is -3.75. The molecule has 0 unspecified atom stereocenters. The number of halogens is 2. The van der Waals surface area contributed by atoms with Crippen LogP contribution in [0.4, 0.5) is 8.78 Å². The van der Waals surface area contributed by atoms with E-state index in [0.29, 0.717) is 41.6 Å². The Morgan fingerprint density at radius 2 is 1.62 bits per heavy atom. The van der Waals surface area contributed by atoms with E-state index in [1.165, 1.54) is 21.8 Å². The smallest absolute Gasteiger partial charge is 0.279 e. The first kappa shape index (κ1) is 20.2. The molecule has 32 heavy (non-hydrogen) atoms. The average molecular weight is 438 g/mol. The molecule has 0 bridgehead atoms. The van der Waals surface area contributed by atoms with Crippen LogP contribution in [0.15, 0.2) is 47.4 Å². The Balaban J connectivity index is 1.82. The highest BCUT2D eigenvalue weighted by molar-refractivity contribution is 5.95. The Bertz CT molecular complexity index is 1250. The number of nitrogens with zero attached hydrogens (tertiary/aromatic N) is 4. The van der Waals surface area contributed by atoms with Gasteiger partial charge in [0, 0.05) is 6.54 Å². The number of aromatic nitrogens is 2. The maximum atomic E-state index is 14.9. The molecule has 164 valence electrons. The molecule has 0 atom stereocenters. The first-order valence-electron chi connectivity index (χ1n) is 10.3. The Labute approximate surface area is 182 Å². The maximum Gasteiger partial charge on any atom is 0.279 e. The molecule has 3 aromatic rings. The van der Waals surface area contributed by atoms with Gasteiger partial charge in [0.05, 0.1) is 6.04 Å². The summed E-state index contributed by atoms with van der Waals surface area (Å²) in [5.41, 5.74) is 1.10. The minimum Gasteiger partial charge on any atom is -0.502 e. The van der Waals surface area contributed by atoms with Crippen molar-refractivity contribution in [3.8, 4) is 5.75 Å². The lowest BCUT2D eigenvalue weighted by Crippen LogP contribution is -2.56. The molecule has 1 aliphatic carbocycles. The number of fused-ring (bicyclic) bond motifs is 3. The fraction of sp³-hybridized carbons (Fsp3) is 0.261. The van der Waals surface area contributed by atoms with E-state index in [4.69, 9.17) is 0 Å². The van der Waals surface area contributed by atoms with E-state index in [1.807, 2.05) is 0 Å². The van der Waals surface area contributed by atoms with Crippen molar-refractivity contribution in [3.63, 3.8) is 0 Å². The maximum absolute atomic E-state index is 14.9. The van der Waals surface area contributed by atoms with E-state index in [-0.39, 0.29) is 12.4 Å². The van der Waals surface area contributed by atoms with Crippen LogP contribution in [0.2, 0.25) is 0 Å². The number of benzene rings is 2. The van der Waals surface area contributed by atoms with Gasteiger partial charge >= 0.3 is 0 Å². The summed E-state index contributed by atoms with van der Waals surface area (Å²) in [5.74, 6) is -2.03. The van der Waals surface area contributed by atoms with Gasteiger partial charge in [-0.2, -0.15) is 9.89 Å². The van der Waals surface area contributed by atoms with Crippen LogP contribution in [0.5, 0.6) is 5.75 Å². The van der Waals surface area contributed by atoms with Gasteiger partial charge in [0.2, 0.25) is 5.43 Å². The zero-order chi connectivity index (χ0) is 22.6. The molecule has 0 saturated carbocycles. The van der Waals surface area contributed by atoms with E-state index < -0.39 is 34.8 Å². The molecule has 1 aliphatic heterocycles. The lowest BCUT2D eigenvalue weighted by atomic mass is 9.93. The quantitative estimate of drug-likeness (QED) is 0.665. The number of amides is 1. The van der Waals surface area contributed by atoms with Crippen LogP contribution in [0, 0.1) is 11.6 Å². The summed E-state index contributed by atoms with van der Waals surface area (Å²) in [4.78, 5) is 27.6. The topological polar surface area (TPSA) is 78.7 Å². The fourth-order valence-electron chi connectivity index (χ4n) is 4.63. The zero-order valence-electron chi connectivity index (χ0n) is 17.3. The first-order chi connectivity index (χ1) is 15.4. The van der Waals surface area contributed by atoms with Crippen molar-refractivity contribution in [3.05, 3.63) is 92.4 Å². The van der Waals surface area contributed by atoms with Crippen LogP contribution in [0.3, 0.4) is 0 Å². The number of aromatic hydroxyl groups is 1. The molecule has 1 aromatic heterocycles. The van der Waals surface area contributed by atoms with Gasteiger partial charge in [0.25, 0.3) is 5.91 Å². The number of carbonyl (C=O) groups excluding carboxylic acids is 1. The van der Waals surface area contributed by atoms with E-state index in [0.717, 1.165) is 6.20 Å². The second-order valence-electron chi connectivity index (χ2n) is 7.86. The van der Waals surface area contributed by atoms with Crippen LogP contribution >= 0.6 is 0 Å². The molecular formula is C23H20F2N4O3. The lowest BCUT2D eigenvalue weighted by Gasteiger charge is -2.42. The van der Waals surface area contributed by atoms with Crippen molar-refractivity contribution in [1.82, 2.24) is 14.8 Å². The Morgan fingerprint density at radius 3 is 2.19 bits per heavy atom. The van der Waals surface area contributed by atoms with E-state index >= 15 is 0 Å². The second-order valence-corrected chi connectivity index (χ2v) is 7.86. The predicted molar refractivity (Wildman–Crippen MR) is 112 cm³/mol. The zero-order valence-corrected chi connectivity index (χ0v) is 17.3. The van der Waals surface area contributed by atoms with Crippen LogP contribution in [0.1, 0.15) is 45.7 Å². The van der Waals surface area contributed by atoms with Gasteiger partial charge in [-0.25, -0.2) is 8.78 Å². The van der Waals surface area contributed by atoms with Gasteiger partial charge in [0.15, 0.2) is 11.4 Å². The highest BCUT2D eigenvalue weighted by atomic mass is 19.1. The molecule has 0 saturated heterocycles. The minimum atomic E-state index is -0.777. The minimum absolute atomic E-state index is 0.0498. The van der Waals surface area contributed by atoms with Gasteiger partial charge in [-0.15, -0.1) is 0 Å². The van der Waals surface area contributed by atoms with Crippen LogP contribution < -0.4 is 10.4 Å². The SMILES string of the molecule is CCN1CN(C2c3cccc(F)c3CCc3c(F)cccc32)n2ncc(=O)c(O)c2C1=O. The third-order valence-electron chi connectivity index (χ3n) is 6.19. The molecule has 9 heteroatoms. The van der Waals surface area contributed by atoms with Crippen molar-refractivity contribution in [2.24, 2.45) is 0 Å². The molecule has 7 nitrogen and oxygen atoms in total. The van der Waals surface area contributed by atoms with Gasteiger partial charge in [0.1, 0.15) is 24.5 Å². The lowest BCUT2D eigenvalue weighted by molar-refractivity contribution is 0.0678. The molecule has 0 spiro atoms. The molecule has 2 aromatic carbocycles. The normalized spacial score (nSPS) is 15.8. The van der Waals surface area contributed by atoms with Gasteiger partial charge < -0.3 is 10.0 Å². The molecular weight excluding hydrogens is 418 g/mol. The Kier molecular flexibility index (Phi) is 4.69. The summed E-state index contributed by atoms with van der Waals surface area (Å²) in [5, 5.41) is 16.2. The van der Waals surface area contributed by atoms with E-state index in [2.05, 4.69) is 5.10 Å². The Morgan fingerprint density at radius 1 is 1.03 bits per heavy atom. The fourth-order valence-corrected chi connectivity index (χ4v) is 4.63. The highest BCUT2D eigenvalue weighted by Gasteiger charge is 2.39. The molecule has 1 amide bonds. The monoisotopic (exact) mass is 438 g/mol. The molecule has 5 rings (SSSR count). The molecule has 1 N–H and O–H groups in total. The van der Waals surface area contributed by atoms with Crippen LogP contribution in [-0.2, 0) is 12.8 Å². The van der Waals surface area contributed by atoms with Crippen LogP contribution in [-0.4, -0.2) is 39.0 Å². The van der Waals surface area contributed by atoms with Crippen molar-refractivity contribution >= 4 is 5.91 Å². The number of hydrogen-bond acceptors (Lipinski definition) is 5. The summed E-state index contributed by atoms with van der Waals surface area (Å²) in [7, 11) is 0. The van der Waals surface area contributed by atoms with E-state index in [1.54, 1.807) is 36.2 Å². The van der Waals surface area contributed by atoms with E-state index in [9.17, 15) is 23.5 Å². The predicted octanol–water partition coefficient (Wildman–Crippen LogP) is 2.49. The molecule has 0 radical (unpaired) electrons. The standard InChI is InChI=1S/C23H20F2N4O3/c1-2-27-12-28(29-21(23(27)32)22(31)19(30)11-26-29)20-15-5-3-7-17(24)13(15)9-10-14-16(20)6-4-8-18(14)25/h3-8,11,20,31H,2,9-10,12H2,1H3. The average Bonchev–Trinajstić information content (AvgIpc) is 2.95. The van der Waals surface area contributed by atoms with Gasteiger partial charge in [-0.05, 0) is 54.2 Å².